The van der Waals surface area contributed by atoms with Gasteiger partial charge in [-0.05, 0) is 29.2 Å². The molecule has 1 aliphatic rings. The summed E-state index contributed by atoms with van der Waals surface area (Å²) in [5.41, 5.74) is 2.69. The zero-order valence-electron chi connectivity index (χ0n) is 18.6. The smallest absolute Gasteiger partial charge is 0 e. The second-order valence-electron chi connectivity index (χ2n) is 7.63. The Morgan fingerprint density at radius 3 is 1.32 bits per heavy atom. The van der Waals surface area contributed by atoms with Crippen molar-refractivity contribution in [3.8, 4) is 5.75 Å². The van der Waals surface area contributed by atoms with Gasteiger partial charge in [-0.3, -0.25) is 4.76 Å². The standard InChI is InChI=1S/C15H26NOPSi2.5CO.W/c1-17-13-10-8-12(9-11-13)14-16-18(14)15(19(2,3)4)20(5,6)7;5*1-2;/h8-11,15H,1-7H3;;;;;;/t18-;;;;;;/m0....../s1. The summed E-state index contributed by atoms with van der Waals surface area (Å²) >= 11 is 0. The van der Waals surface area contributed by atoms with Gasteiger partial charge < -0.3 is 4.74 Å². The zero-order chi connectivity index (χ0) is 25.1. The molecule has 0 aliphatic carbocycles. The predicted octanol–water partition coefficient (Wildman–Crippen LogP) is 4.79. The maximum Gasteiger partial charge on any atom is 0 e. The van der Waals surface area contributed by atoms with Crippen LogP contribution in [0.3, 0.4) is 0 Å². The van der Waals surface area contributed by atoms with Crippen LogP contribution in [0.2, 0.25) is 39.3 Å². The topological polar surface area (TPSA) is 121 Å². The van der Waals surface area contributed by atoms with E-state index < -0.39 is 16.1 Å². The number of benzene rings is 1. The van der Waals surface area contributed by atoms with Gasteiger partial charge in [-0.25, -0.2) is 0 Å². The van der Waals surface area contributed by atoms with Gasteiger partial charge in [0.05, 0.1) is 36.8 Å². The van der Waals surface area contributed by atoms with Crippen molar-refractivity contribution in [2.45, 2.75) is 44.2 Å². The molecule has 1 heterocycles. The zero-order valence-corrected chi connectivity index (χ0v) is 24.5. The Bertz CT molecular complexity index is 683. The van der Waals surface area contributed by atoms with E-state index in [4.69, 9.17) is 32.8 Å². The molecule has 0 bridgehead atoms. The molecule has 0 amide bonds. The Labute approximate surface area is 203 Å². The first-order valence-corrected chi connectivity index (χ1v) is 16.7. The molecule has 1 aliphatic heterocycles. The Kier molecular flexibility index (Phi) is 28.8. The number of nitrogens with zero attached hydrogens (tertiary/aromatic N) is 1. The quantitative estimate of drug-likeness (QED) is 0.194. The molecule has 2 rings (SSSR count). The van der Waals surface area contributed by atoms with E-state index in [9.17, 15) is 0 Å². The van der Waals surface area contributed by atoms with Crippen LogP contribution in [0.4, 0.5) is 0 Å². The molecule has 1 aromatic rings. The minimum absolute atomic E-state index is 0. The first-order chi connectivity index (χ1) is 14.1. The Morgan fingerprint density at radius 2 is 1.06 bits per heavy atom. The van der Waals surface area contributed by atoms with Crippen molar-refractivity contribution in [3.05, 3.63) is 63.1 Å². The third kappa shape index (κ3) is 15.4. The van der Waals surface area contributed by atoms with Gasteiger partial charge in [0.25, 0.3) is 0 Å². The van der Waals surface area contributed by atoms with Gasteiger partial charge in [0.15, 0.2) is 0 Å². The Balaban J connectivity index is -0.000000180. The second kappa shape index (κ2) is 22.1. The fraction of sp³-hybridized carbons (Fsp3) is 0.400. The summed E-state index contributed by atoms with van der Waals surface area (Å²) < 4.78 is 47.7. The number of hydrogen-bond donors (Lipinski definition) is 0. The number of methoxy groups -OCH3 is 1. The Morgan fingerprint density at radius 1 is 0.742 bits per heavy atom. The average molecular weight is 647 g/mol. The van der Waals surface area contributed by atoms with Crippen LogP contribution in [-0.4, -0.2) is 33.6 Å². The van der Waals surface area contributed by atoms with Crippen molar-refractivity contribution in [2.24, 2.45) is 4.76 Å². The molecular weight excluding hydrogens is 621 g/mol. The third-order valence-electron chi connectivity index (χ3n) is 3.61. The first kappa shape index (κ1) is 40.3. The van der Waals surface area contributed by atoms with Crippen LogP contribution >= 0.6 is 8.07 Å². The summed E-state index contributed by atoms with van der Waals surface area (Å²) in [7, 11) is -0.836. The first-order valence-electron chi connectivity index (χ1n) is 8.19. The molecule has 0 saturated heterocycles. The van der Waals surface area contributed by atoms with Crippen molar-refractivity contribution in [1.29, 1.82) is 0 Å². The molecule has 166 valence electrons. The van der Waals surface area contributed by atoms with E-state index in [0.717, 1.165) is 10.7 Å². The molecule has 1 atom stereocenters. The van der Waals surface area contributed by atoms with Crippen LogP contribution in [0.5, 0.6) is 5.75 Å². The van der Waals surface area contributed by atoms with Crippen molar-refractivity contribution in [3.63, 3.8) is 0 Å². The molecular formula is C20H26NO6PSi2W. The minimum atomic E-state index is -1.16. The van der Waals surface area contributed by atoms with Gasteiger partial charge in [-0.1, -0.05) is 39.3 Å². The number of ether oxygens (including phenoxy) is 1. The van der Waals surface area contributed by atoms with Gasteiger partial charge in [-0.15, -0.1) is 0 Å². The number of hydrogen-bond acceptors (Lipinski definition) is 2. The largest absolute Gasteiger partial charge is 0 e. The van der Waals surface area contributed by atoms with E-state index in [0.29, 0.717) is 0 Å². The summed E-state index contributed by atoms with van der Waals surface area (Å²) in [6.07, 6.45) is 0. The summed E-state index contributed by atoms with van der Waals surface area (Å²) in [5, 5.41) is 0. The number of rotatable bonds is 5. The molecule has 1 aromatic carbocycles. The molecule has 7 nitrogen and oxygen atoms in total. The van der Waals surface area contributed by atoms with Crippen molar-refractivity contribution in [1.82, 2.24) is 0 Å². The normalized spacial score (nSPS) is 12.6. The van der Waals surface area contributed by atoms with E-state index >= 15 is 0 Å². The predicted molar refractivity (Wildman–Crippen MR) is 117 cm³/mol. The van der Waals surface area contributed by atoms with Crippen molar-refractivity contribution < 1.29 is 49.1 Å². The molecule has 0 N–H and O–H groups in total. The minimum Gasteiger partial charge on any atom is 0 e. The average Bonchev–Trinajstić information content (AvgIpc) is 3.53. The van der Waals surface area contributed by atoms with Crippen LogP contribution < -0.4 is 4.74 Å². The molecule has 0 spiro atoms. The van der Waals surface area contributed by atoms with Gasteiger partial charge in [0, 0.05) is 26.6 Å². The molecule has 31 heavy (non-hydrogen) atoms. The van der Waals surface area contributed by atoms with Gasteiger partial charge in [0.2, 0.25) is 0 Å². The van der Waals surface area contributed by atoms with E-state index in [2.05, 4.69) is 84.7 Å². The fourth-order valence-electron chi connectivity index (χ4n) is 3.22. The summed E-state index contributed by atoms with van der Waals surface area (Å²) in [5.74, 6) is 0.922. The van der Waals surface area contributed by atoms with Crippen LogP contribution in [0.15, 0.2) is 29.0 Å². The van der Waals surface area contributed by atoms with Crippen molar-refractivity contribution in [2.75, 3.05) is 7.11 Å². The monoisotopic (exact) mass is 647 g/mol. The second-order valence-corrected chi connectivity index (χ2v) is 21.6. The third-order valence-corrected chi connectivity index (χ3v) is 19.7. The summed E-state index contributed by atoms with van der Waals surface area (Å²) in [6, 6.07) is 8.40. The van der Waals surface area contributed by atoms with Crippen LogP contribution in [0, 0.1) is 33.3 Å². The summed E-state index contributed by atoms with van der Waals surface area (Å²) in [4.78, 5) is 0.891. The van der Waals surface area contributed by atoms with Gasteiger partial charge >= 0.3 is 56.5 Å². The van der Waals surface area contributed by atoms with Crippen LogP contribution in [0.25, 0.3) is 0 Å². The van der Waals surface area contributed by atoms with E-state index in [1.165, 1.54) is 11.0 Å². The molecule has 0 aromatic heterocycles. The van der Waals surface area contributed by atoms with Gasteiger partial charge in [-0.2, -0.15) is 0 Å². The maximum atomic E-state index is 7.50. The molecule has 0 saturated carbocycles. The van der Waals surface area contributed by atoms with E-state index in [1.54, 1.807) is 7.11 Å². The van der Waals surface area contributed by atoms with Crippen LogP contribution in [-0.2, 0) is 44.3 Å². The Hall–Kier alpha value is -1.06. The van der Waals surface area contributed by atoms with Crippen LogP contribution in [0.1, 0.15) is 5.56 Å². The maximum absolute atomic E-state index is 7.50. The van der Waals surface area contributed by atoms with Crippen molar-refractivity contribution >= 4 is 29.7 Å². The molecule has 0 unspecified atom stereocenters. The van der Waals surface area contributed by atoms with Gasteiger partial charge in [0.1, 0.15) is 5.75 Å². The van der Waals surface area contributed by atoms with E-state index in [1.807, 2.05) is 12.1 Å². The molecule has 0 fully saturated rings. The van der Waals surface area contributed by atoms with E-state index in [-0.39, 0.29) is 29.1 Å². The fourth-order valence-corrected chi connectivity index (χ4v) is 21.8. The molecule has 11 heteroatoms. The summed E-state index contributed by atoms with van der Waals surface area (Å²) in [6.45, 7) is 37.6. The molecule has 0 radical (unpaired) electrons. The SMILES string of the molecule is COc1ccc(C2=N[P@]2C([Si](C)(C)C)[Si](C)(C)C)cc1.[C-]#[O+].[C-]#[O+].[C-]#[O+].[C-]#[O+].[C-]#[O+].[W].